The molecule has 2 atom stereocenters. The maximum atomic E-state index is 9.78. The highest BCUT2D eigenvalue weighted by atomic mass is 16.7. The molecule has 0 spiro atoms. The number of rotatable bonds is 4. The van der Waals surface area contributed by atoms with Gasteiger partial charge >= 0.3 is 0 Å². The summed E-state index contributed by atoms with van der Waals surface area (Å²) < 4.78 is 15.5. The Kier molecular flexibility index (Phi) is 3.27. The lowest BCUT2D eigenvalue weighted by atomic mass is 10.2. The molecule has 0 aromatic heterocycles. The molecule has 0 aromatic carbocycles. The Balaban J connectivity index is 1.69. The molecule has 2 aliphatic heterocycles. The van der Waals surface area contributed by atoms with Crippen LogP contribution in [-0.2, 0) is 14.2 Å². The van der Waals surface area contributed by atoms with Gasteiger partial charge in [0, 0.05) is 12.8 Å². The summed E-state index contributed by atoms with van der Waals surface area (Å²) in [5, 5.41) is 19.6. The summed E-state index contributed by atoms with van der Waals surface area (Å²) in [6.45, 7) is 1.33. The molecule has 0 aromatic rings. The van der Waals surface area contributed by atoms with E-state index in [2.05, 4.69) is 0 Å². The highest BCUT2D eigenvalue weighted by Gasteiger charge is 2.36. The molecular weight excluding hydrogens is 200 g/mol. The van der Waals surface area contributed by atoms with Gasteiger partial charge in [-0.2, -0.15) is 0 Å². The van der Waals surface area contributed by atoms with E-state index in [1.165, 1.54) is 0 Å². The fourth-order valence-corrected chi connectivity index (χ4v) is 1.96. The molecule has 5 nitrogen and oxygen atoms in total. The molecule has 2 aliphatic rings. The van der Waals surface area contributed by atoms with E-state index in [4.69, 9.17) is 14.2 Å². The second kappa shape index (κ2) is 4.35. The van der Waals surface area contributed by atoms with Gasteiger partial charge in [0.1, 0.15) is 13.2 Å². The van der Waals surface area contributed by atoms with Crippen molar-refractivity contribution >= 4 is 0 Å². The number of aliphatic hydroxyl groups is 2. The zero-order valence-corrected chi connectivity index (χ0v) is 8.78. The largest absolute Gasteiger partial charge is 0.370 e. The zero-order chi connectivity index (χ0) is 10.8. The first-order chi connectivity index (χ1) is 7.12. The second-order valence-corrected chi connectivity index (χ2v) is 4.29. The highest BCUT2D eigenvalue weighted by molar-refractivity contribution is 4.75. The smallest absolute Gasteiger partial charge is 0.189 e. The third-order valence-electron chi connectivity index (χ3n) is 2.82. The lowest BCUT2D eigenvalue weighted by Gasteiger charge is -2.25. The molecule has 0 bridgehead atoms. The van der Waals surface area contributed by atoms with E-state index < -0.39 is 11.6 Å². The van der Waals surface area contributed by atoms with E-state index in [0.717, 1.165) is 12.8 Å². The van der Waals surface area contributed by atoms with Gasteiger partial charge in [0.05, 0.1) is 13.2 Å². The first kappa shape index (κ1) is 11.3. The first-order valence-corrected chi connectivity index (χ1v) is 5.42. The Bertz CT molecular complexity index is 184. The van der Waals surface area contributed by atoms with Crippen LogP contribution >= 0.6 is 0 Å². The van der Waals surface area contributed by atoms with Crippen LogP contribution in [0, 0.1) is 0 Å². The van der Waals surface area contributed by atoms with Crippen LogP contribution in [0.5, 0.6) is 0 Å². The molecule has 0 saturated carbocycles. The quantitative estimate of drug-likeness (QED) is 0.695. The first-order valence-electron chi connectivity index (χ1n) is 5.42. The van der Waals surface area contributed by atoms with Gasteiger partial charge in [-0.05, 0) is 12.8 Å². The topological polar surface area (TPSA) is 68.2 Å². The summed E-state index contributed by atoms with van der Waals surface area (Å²) in [4.78, 5) is 0. The Labute approximate surface area is 88.9 Å². The van der Waals surface area contributed by atoms with Gasteiger partial charge in [-0.25, -0.2) is 0 Å². The van der Waals surface area contributed by atoms with Crippen molar-refractivity contribution in [1.82, 2.24) is 0 Å². The van der Waals surface area contributed by atoms with Crippen LogP contribution in [0.15, 0.2) is 0 Å². The summed E-state index contributed by atoms with van der Waals surface area (Å²) >= 11 is 0. The lowest BCUT2D eigenvalue weighted by molar-refractivity contribution is -0.243. The molecule has 88 valence electrons. The Morgan fingerprint density at radius 2 is 1.40 bits per heavy atom. The summed E-state index contributed by atoms with van der Waals surface area (Å²) in [6.07, 6.45) is 2.87. The molecule has 15 heavy (non-hydrogen) atoms. The van der Waals surface area contributed by atoms with Crippen LogP contribution in [0.3, 0.4) is 0 Å². The zero-order valence-electron chi connectivity index (χ0n) is 8.78. The fourth-order valence-electron chi connectivity index (χ4n) is 1.96. The minimum Gasteiger partial charge on any atom is -0.370 e. The third-order valence-corrected chi connectivity index (χ3v) is 2.82. The van der Waals surface area contributed by atoms with Crippen LogP contribution < -0.4 is 0 Å². The Hall–Kier alpha value is -0.200. The molecule has 2 N–H and O–H groups in total. The van der Waals surface area contributed by atoms with Crippen molar-refractivity contribution in [1.29, 1.82) is 0 Å². The average Bonchev–Trinajstić information content (AvgIpc) is 2.76. The van der Waals surface area contributed by atoms with E-state index in [1.807, 2.05) is 0 Å². The lowest BCUT2D eigenvalue weighted by Crippen LogP contribution is -2.38. The summed E-state index contributed by atoms with van der Waals surface area (Å²) in [7, 11) is 0. The van der Waals surface area contributed by atoms with Crippen LogP contribution in [0.1, 0.15) is 25.7 Å². The normalized spacial score (nSPS) is 41.2. The van der Waals surface area contributed by atoms with Crippen molar-refractivity contribution in [3.8, 4) is 0 Å². The van der Waals surface area contributed by atoms with E-state index in [0.29, 0.717) is 26.1 Å². The predicted molar refractivity (Wildman–Crippen MR) is 51.1 cm³/mol. The molecule has 2 fully saturated rings. The van der Waals surface area contributed by atoms with Crippen LogP contribution in [0.4, 0.5) is 0 Å². The van der Waals surface area contributed by atoms with Crippen molar-refractivity contribution in [2.75, 3.05) is 26.4 Å². The van der Waals surface area contributed by atoms with Gasteiger partial charge < -0.3 is 24.4 Å². The minimum atomic E-state index is -1.16. The highest BCUT2D eigenvalue weighted by Crippen LogP contribution is 2.26. The van der Waals surface area contributed by atoms with Crippen molar-refractivity contribution in [3.63, 3.8) is 0 Å². The standard InChI is InChI=1S/C10H18O5/c11-9(3-1-5-14-9)7-13-8-10(12)4-2-6-15-10/h11-12H,1-8H2/t9-,10-/m1/s1. The molecule has 5 heteroatoms. The minimum absolute atomic E-state index is 0.0959. The molecule has 0 unspecified atom stereocenters. The SMILES string of the molecule is O[C@]1(COC[C@@]2(O)CCCO2)CCCO1. The molecule has 0 amide bonds. The van der Waals surface area contributed by atoms with E-state index >= 15 is 0 Å². The summed E-state index contributed by atoms with van der Waals surface area (Å²) in [5.41, 5.74) is 0. The number of ether oxygens (including phenoxy) is 3. The van der Waals surface area contributed by atoms with Crippen molar-refractivity contribution < 1.29 is 24.4 Å². The van der Waals surface area contributed by atoms with Gasteiger partial charge in [-0.1, -0.05) is 0 Å². The predicted octanol–water partition coefficient (Wildman–Crippen LogP) is 0.001000. The van der Waals surface area contributed by atoms with Gasteiger partial charge in [0.2, 0.25) is 0 Å². The number of hydrogen-bond acceptors (Lipinski definition) is 5. The van der Waals surface area contributed by atoms with E-state index in [-0.39, 0.29) is 13.2 Å². The summed E-state index contributed by atoms with van der Waals surface area (Å²) in [5.74, 6) is -2.32. The van der Waals surface area contributed by atoms with Crippen LogP contribution in [0.25, 0.3) is 0 Å². The maximum absolute atomic E-state index is 9.78. The average molecular weight is 218 g/mol. The van der Waals surface area contributed by atoms with Crippen molar-refractivity contribution in [2.45, 2.75) is 37.3 Å². The van der Waals surface area contributed by atoms with Crippen molar-refractivity contribution in [2.24, 2.45) is 0 Å². The number of hydrogen-bond donors (Lipinski definition) is 2. The van der Waals surface area contributed by atoms with Gasteiger partial charge in [-0.3, -0.25) is 0 Å². The molecule has 2 rings (SSSR count). The van der Waals surface area contributed by atoms with Crippen molar-refractivity contribution in [3.05, 3.63) is 0 Å². The molecular formula is C10H18O5. The Morgan fingerprint density at radius 1 is 0.933 bits per heavy atom. The molecule has 0 radical (unpaired) electrons. The summed E-state index contributed by atoms with van der Waals surface area (Å²) in [6, 6.07) is 0. The fraction of sp³-hybridized carbons (Fsp3) is 1.00. The van der Waals surface area contributed by atoms with Gasteiger partial charge in [0.25, 0.3) is 0 Å². The van der Waals surface area contributed by atoms with Crippen LogP contribution in [-0.4, -0.2) is 48.2 Å². The van der Waals surface area contributed by atoms with E-state index in [9.17, 15) is 10.2 Å². The van der Waals surface area contributed by atoms with Crippen LogP contribution in [0.2, 0.25) is 0 Å². The van der Waals surface area contributed by atoms with Gasteiger partial charge in [-0.15, -0.1) is 0 Å². The monoisotopic (exact) mass is 218 g/mol. The Morgan fingerprint density at radius 3 is 1.73 bits per heavy atom. The molecule has 2 saturated heterocycles. The third kappa shape index (κ3) is 2.89. The molecule has 2 heterocycles. The maximum Gasteiger partial charge on any atom is 0.189 e. The van der Waals surface area contributed by atoms with E-state index in [1.54, 1.807) is 0 Å². The van der Waals surface area contributed by atoms with Gasteiger partial charge in [0.15, 0.2) is 11.6 Å². The molecule has 0 aliphatic carbocycles. The second-order valence-electron chi connectivity index (χ2n) is 4.29.